The molecule has 0 aliphatic carbocycles. The number of esters is 1. The number of morpholine rings is 1. The summed E-state index contributed by atoms with van der Waals surface area (Å²) in [6, 6.07) is 7.50. The van der Waals surface area contributed by atoms with Gasteiger partial charge in [0.2, 0.25) is 11.2 Å². The Bertz CT molecular complexity index is 886. The van der Waals surface area contributed by atoms with Gasteiger partial charge >= 0.3 is 5.97 Å². The minimum absolute atomic E-state index is 0.00123. The number of benzene rings is 1. The van der Waals surface area contributed by atoms with Crippen molar-refractivity contribution in [3.63, 3.8) is 0 Å². The van der Waals surface area contributed by atoms with E-state index in [4.69, 9.17) is 13.9 Å². The molecule has 1 aliphatic rings. The van der Waals surface area contributed by atoms with E-state index < -0.39 is 23.1 Å². The summed E-state index contributed by atoms with van der Waals surface area (Å²) in [5.41, 5.74) is -0.0631. The van der Waals surface area contributed by atoms with Crippen LogP contribution >= 0.6 is 0 Å². The normalized spacial score (nSPS) is 15.9. The first-order valence-electron chi connectivity index (χ1n) is 8.99. The number of carbonyl (C=O) groups excluding carboxylic acids is 1. The Morgan fingerprint density at radius 1 is 1.25 bits per heavy atom. The lowest BCUT2D eigenvalue weighted by Gasteiger charge is -2.26. The van der Waals surface area contributed by atoms with Crippen LogP contribution in [-0.2, 0) is 20.8 Å². The lowest BCUT2D eigenvalue weighted by atomic mass is 9.92. The summed E-state index contributed by atoms with van der Waals surface area (Å²) in [5.74, 6) is -1.51. The highest BCUT2D eigenvalue weighted by atomic mass is 16.5. The Morgan fingerprint density at radius 2 is 2.00 bits per heavy atom. The fourth-order valence-electron chi connectivity index (χ4n) is 3.20. The van der Waals surface area contributed by atoms with Crippen LogP contribution in [0.2, 0.25) is 0 Å². The van der Waals surface area contributed by atoms with E-state index >= 15 is 0 Å². The molecule has 8 nitrogen and oxygen atoms in total. The van der Waals surface area contributed by atoms with Crippen LogP contribution in [-0.4, -0.2) is 54.5 Å². The van der Waals surface area contributed by atoms with E-state index in [1.807, 2.05) is 0 Å². The van der Waals surface area contributed by atoms with Gasteiger partial charge in [0.25, 0.3) is 0 Å². The highest BCUT2D eigenvalue weighted by Crippen LogP contribution is 2.34. The van der Waals surface area contributed by atoms with Gasteiger partial charge in [-0.15, -0.1) is 0 Å². The first-order chi connectivity index (χ1) is 13.5. The lowest BCUT2D eigenvalue weighted by Crippen LogP contribution is -2.35. The molecule has 0 unspecified atom stereocenters. The first-order valence-corrected chi connectivity index (χ1v) is 8.99. The molecule has 2 N–H and O–H groups in total. The molecule has 1 aliphatic heterocycles. The van der Waals surface area contributed by atoms with Crippen LogP contribution < -0.4 is 5.43 Å². The number of hydrogen-bond donors (Lipinski definition) is 2. The maximum absolute atomic E-state index is 12.3. The zero-order valence-corrected chi connectivity index (χ0v) is 15.6. The van der Waals surface area contributed by atoms with E-state index in [1.54, 1.807) is 12.1 Å². The fourth-order valence-corrected chi connectivity index (χ4v) is 3.20. The number of carbonyl (C=O) groups is 1. The zero-order valence-electron chi connectivity index (χ0n) is 15.6. The number of ether oxygens (including phenoxy) is 2. The molecule has 0 radical (unpaired) electrons. The summed E-state index contributed by atoms with van der Waals surface area (Å²) in [6.07, 6.45) is -0.155. The number of nitrogens with zero attached hydrogens (tertiary/aromatic N) is 1. The maximum Gasteiger partial charge on any atom is 0.306 e. The summed E-state index contributed by atoms with van der Waals surface area (Å²) in [6.45, 7) is 3.00. The number of phenols is 1. The third-order valence-corrected chi connectivity index (χ3v) is 4.67. The Balaban J connectivity index is 2.00. The molecule has 0 amide bonds. The third kappa shape index (κ3) is 4.71. The Hall–Kier alpha value is -2.84. The SMILES string of the molecule is COC(=O)C[C@H](c1cccc(O)c1)c1oc(CN2CCOCC2)cc(=O)c1O. The summed E-state index contributed by atoms with van der Waals surface area (Å²) in [7, 11) is 1.26. The molecule has 1 fully saturated rings. The molecule has 8 heteroatoms. The summed E-state index contributed by atoms with van der Waals surface area (Å²) in [4.78, 5) is 26.4. The molecule has 0 saturated carbocycles. The van der Waals surface area contributed by atoms with Gasteiger partial charge in [-0.3, -0.25) is 14.5 Å². The monoisotopic (exact) mass is 389 g/mol. The molecule has 3 rings (SSSR count). The van der Waals surface area contributed by atoms with Crippen molar-refractivity contribution in [3.8, 4) is 11.5 Å². The Kier molecular flexibility index (Phi) is 6.33. The number of methoxy groups -OCH3 is 1. The molecule has 1 aromatic carbocycles. The third-order valence-electron chi connectivity index (χ3n) is 4.67. The number of phenolic OH excluding ortho intramolecular Hbond substituents is 1. The largest absolute Gasteiger partial charge is 0.508 e. The minimum atomic E-state index is -0.781. The predicted octanol–water partition coefficient (Wildman–Crippen LogP) is 1.58. The van der Waals surface area contributed by atoms with E-state index in [9.17, 15) is 19.8 Å². The molecule has 1 atom stereocenters. The van der Waals surface area contributed by atoms with Crippen molar-refractivity contribution in [2.75, 3.05) is 33.4 Å². The average molecular weight is 389 g/mol. The number of aromatic hydroxyl groups is 2. The van der Waals surface area contributed by atoms with Gasteiger partial charge in [0.1, 0.15) is 11.5 Å². The predicted molar refractivity (Wildman–Crippen MR) is 99.3 cm³/mol. The van der Waals surface area contributed by atoms with Crippen LogP contribution in [0.1, 0.15) is 29.4 Å². The summed E-state index contributed by atoms with van der Waals surface area (Å²) >= 11 is 0. The van der Waals surface area contributed by atoms with Crippen molar-refractivity contribution in [2.24, 2.45) is 0 Å². The standard InChI is InChI=1S/C20H23NO7/c1-26-18(24)11-16(13-3-2-4-14(22)9-13)20-19(25)17(23)10-15(28-20)12-21-5-7-27-8-6-21/h2-4,9-10,16,22,25H,5-8,11-12H2,1H3/t16-/m1/s1. The van der Waals surface area contributed by atoms with Crippen LogP contribution in [0.3, 0.4) is 0 Å². The van der Waals surface area contributed by atoms with E-state index in [-0.39, 0.29) is 17.9 Å². The molecular formula is C20H23NO7. The maximum atomic E-state index is 12.3. The Morgan fingerprint density at radius 3 is 2.68 bits per heavy atom. The number of rotatable bonds is 6. The highest BCUT2D eigenvalue weighted by molar-refractivity contribution is 5.71. The average Bonchev–Trinajstić information content (AvgIpc) is 2.69. The summed E-state index contributed by atoms with van der Waals surface area (Å²) < 4.78 is 15.9. The van der Waals surface area contributed by atoms with Gasteiger partial charge in [-0.25, -0.2) is 0 Å². The van der Waals surface area contributed by atoms with Gasteiger partial charge in [0, 0.05) is 19.2 Å². The Labute approximate surface area is 161 Å². The molecule has 0 bridgehead atoms. The molecule has 1 saturated heterocycles. The summed E-state index contributed by atoms with van der Waals surface area (Å²) in [5, 5.41) is 20.2. The van der Waals surface area contributed by atoms with Crippen LogP contribution in [0.5, 0.6) is 11.5 Å². The van der Waals surface area contributed by atoms with Crippen molar-refractivity contribution < 1.29 is 28.9 Å². The van der Waals surface area contributed by atoms with Crippen molar-refractivity contribution in [1.29, 1.82) is 0 Å². The fraction of sp³-hybridized carbons (Fsp3) is 0.400. The van der Waals surface area contributed by atoms with Gasteiger partial charge in [-0.2, -0.15) is 0 Å². The molecule has 28 heavy (non-hydrogen) atoms. The van der Waals surface area contributed by atoms with Crippen LogP contribution in [0.4, 0.5) is 0 Å². The first kappa shape index (κ1) is 19.9. The molecule has 2 aromatic rings. The second-order valence-electron chi connectivity index (χ2n) is 6.61. The smallest absolute Gasteiger partial charge is 0.306 e. The minimum Gasteiger partial charge on any atom is -0.508 e. The molecule has 150 valence electrons. The zero-order chi connectivity index (χ0) is 20.1. The molecule has 1 aromatic heterocycles. The van der Waals surface area contributed by atoms with Gasteiger partial charge < -0.3 is 24.1 Å². The second kappa shape index (κ2) is 8.90. The van der Waals surface area contributed by atoms with Crippen molar-refractivity contribution >= 4 is 5.97 Å². The van der Waals surface area contributed by atoms with Crippen LogP contribution in [0, 0.1) is 0 Å². The van der Waals surface area contributed by atoms with Crippen molar-refractivity contribution in [3.05, 3.63) is 57.6 Å². The second-order valence-corrected chi connectivity index (χ2v) is 6.61. The van der Waals surface area contributed by atoms with E-state index in [1.165, 1.54) is 25.3 Å². The number of hydrogen-bond acceptors (Lipinski definition) is 8. The van der Waals surface area contributed by atoms with Crippen LogP contribution in [0.15, 0.2) is 39.5 Å². The van der Waals surface area contributed by atoms with Crippen molar-refractivity contribution in [1.82, 2.24) is 4.90 Å². The molecule has 2 heterocycles. The van der Waals surface area contributed by atoms with Gasteiger partial charge in [-0.05, 0) is 17.7 Å². The molecular weight excluding hydrogens is 366 g/mol. The quantitative estimate of drug-likeness (QED) is 0.717. The highest BCUT2D eigenvalue weighted by Gasteiger charge is 2.27. The topological polar surface area (TPSA) is 109 Å². The van der Waals surface area contributed by atoms with E-state index in [0.717, 1.165) is 0 Å². The van der Waals surface area contributed by atoms with E-state index in [2.05, 4.69) is 4.90 Å². The van der Waals surface area contributed by atoms with Gasteiger partial charge in [0.05, 0.1) is 39.2 Å². The lowest BCUT2D eigenvalue weighted by molar-refractivity contribution is -0.140. The molecule has 0 spiro atoms. The van der Waals surface area contributed by atoms with E-state index in [0.29, 0.717) is 44.2 Å². The van der Waals surface area contributed by atoms with Crippen molar-refractivity contribution in [2.45, 2.75) is 18.9 Å². The van der Waals surface area contributed by atoms with Gasteiger partial charge in [-0.1, -0.05) is 12.1 Å². The van der Waals surface area contributed by atoms with Gasteiger partial charge in [0.15, 0.2) is 5.76 Å². The van der Waals surface area contributed by atoms with Crippen LogP contribution in [0.25, 0.3) is 0 Å².